The van der Waals surface area contributed by atoms with Crippen molar-refractivity contribution in [2.24, 2.45) is 0 Å². The number of fused-ring (bicyclic) bond motifs is 5. The fourth-order valence-electron chi connectivity index (χ4n) is 4.71. The molecule has 9 heteroatoms. The molecular formula is C26H15BrO7S. The van der Waals surface area contributed by atoms with E-state index in [0.29, 0.717) is 16.3 Å². The standard InChI is InChI=1S/C26H15BrO7S/c27-17-11-7-3-1-5-9(11)13(10-6-2-4-8-12(10)17)14-18(28)15-16-20(30)21(31)22(32)24(34)26(16)35-25(15)23(33)19(14)29/h1-8,28-34H. The second kappa shape index (κ2) is 7.21. The van der Waals surface area contributed by atoms with Gasteiger partial charge in [-0.25, -0.2) is 0 Å². The highest BCUT2D eigenvalue weighted by molar-refractivity contribution is 9.10. The van der Waals surface area contributed by atoms with E-state index in [-0.39, 0.29) is 25.7 Å². The van der Waals surface area contributed by atoms with Gasteiger partial charge in [0.2, 0.25) is 11.5 Å². The maximum Gasteiger partial charge on any atom is 0.205 e. The van der Waals surface area contributed by atoms with Crippen molar-refractivity contribution < 1.29 is 35.7 Å². The van der Waals surface area contributed by atoms with Gasteiger partial charge in [0.25, 0.3) is 0 Å². The summed E-state index contributed by atoms with van der Waals surface area (Å²) in [6.45, 7) is 0. The molecule has 0 aliphatic rings. The summed E-state index contributed by atoms with van der Waals surface area (Å²) in [4.78, 5) is 0. The highest BCUT2D eigenvalue weighted by atomic mass is 79.9. The summed E-state index contributed by atoms with van der Waals surface area (Å²) < 4.78 is 0.696. The Morgan fingerprint density at radius 2 is 0.886 bits per heavy atom. The van der Waals surface area contributed by atoms with Crippen LogP contribution >= 0.6 is 27.3 Å². The summed E-state index contributed by atoms with van der Waals surface area (Å²) in [5, 5.41) is 77.5. The molecule has 1 heterocycles. The lowest BCUT2D eigenvalue weighted by Gasteiger charge is -2.17. The molecule has 6 rings (SSSR count). The number of aromatic hydroxyl groups is 7. The minimum atomic E-state index is -0.970. The van der Waals surface area contributed by atoms with Gasteiger partial charge in [-0.1, -0.05) is 48.5 Å². The van der Waals surface area contributed by atoms with Gasteiger partial charge >= 0.3 is 0 Å². The Morgan fingerprint density at radius 1 is 0.457 bits per heavy atom. The normalized spacial score (nSPS) is 11.8. The lowest BCUT2D eigenvalue weighted by atomic mass is 9.89. The van der Waals surface area contributed by atoms with E-state index < -0.39 is 40.2 Å². The van der Waals surface area contributed by atoms with Crippen LogP contribution in [0.4, 0.5) is 0 Å². The van der Waals surface area contributed by atoms with Crippen LogP contribution in [-0.4, -0.2) is 35.7 Å². The van der Waals surface area contributed by atoms with Gasteiger partial charge in [-0.3, -0.25) is 0 Å². The van der Waals surface area contributed by atoms with Crippen LogP contribution in [0, 0.1) is 0 Å². The quantitative estimate of drug-likeness (QED) is 0.0683. The third kappa shape index (κ3) is 2.64. The number of phenols is 7. The minimum absolute atomic E-state index is 0.0416. The monoisotopic (exact) mass is 550 g/mol. The zero-order valence-electron chi connectivity index (χ0n) is 17.5. The summed E-state index contributed by atoms with van der Waals surface area (Å²) in [6, 6.07) is 14.7. The first kappa shape index (κ1) is 21.5. The van der Waals surface area contributed by atoms with Gasteiger partial charge < -0.3 is 35.7 Å². The molecule has 7 N–H and O–H groups in total. The Balaban J connectivity index is 1.90. The van der Waals surface area contributed by atoms with Crippen LogP contribution in [0.2, 0.25) is 0 Å². The molecule has 5 aromatic carbocycles. The Hall–Kier alpha value is -4.08. The third-order valence-corrected chi connectivity index (χ3v) is 8.36. The average Bonchev–Trinajstić information content (AvgIpc) is 3.28. The van der Waals surface area contributed by atoms with E-state index in [4.69, 9.17) is 0 Å². The van der Waals surface area contributed by atoms with Gasteiger partial charge in [0.1, 0.15) is 5.75 Å². The lowest BCUT2D eigenvalue weighted by molar-refractivity contribution is 0.351. The predicted octanol–water partition coefficient (Wildman–Crippen LogP) is 6.73. The Kier molecular flexibility index (Phi) is 4.42. The third-order valence-electron chi connectivity index (χ3n) is 6.30. The van der Waals surface area contributed by atoms with Gasteiger partial charge in [0.15, 0.2) is 23.0 Å². The molecule has 0 atom stereocenters. The maximum atomic E-state index is 11.5. The fourth-order valence-corrected chi connectivity index (χ4v) is 6.60. The van der Waals surface area contributed by atoms with E-state index in [0.717, 1.165) is 26.6 Å². The van der Waals surface area contributed by atoms with Crippen molar-refractivity contribution in [3.05, 3.63) is 53.0 Å². The lowest BCUT2D eigenvalue weighted by Crippen LogP contribution is -1.90. The first-order valence-corrected chi connectivity index (χ1v) is 11.9. The van der Waals surface area contributed by atoms with E-state index in [1.165, 1.54) is 0 Å². The van der Waals surface area contributed by atoms with Crippen molar-refractivity contribution in [3.8, 4) is 51.4 Å². The number of benzene rings is 5. The van der Waals surface area contributed by atoms with Crippen LogP contribution in [0.5, 0.6) is 40.2 Å². The largest absolute Gasteiger partial charge is 0.506 e. The molecule has 0 aliphatic carbocycles. The summed E-state index contributed by atoms with van der Waals surface area (Å²) >= 11 is 4.39. The molecule has 35 heavy (non-hydrogen) atoms. The molecule has 0 aliphatic heterocycles. The fraction of sp³-hybridized carbons (Fsp3) is 0. The van der Waals surface area contributed by atoms with Gasteiger partial charge in [-0.2, -0.15) is 0 Å². The maximum absolute atomic E-state index is 11.5. The summed E-state index contributed by atoms with van der Waals surface area (Å²) in [5.74, 6) is -5.06. The highest BCUT2D eigenvalue weighted by Gasteiger charge is 2.30. The van der Waals surface area contributed by atoms with E-state index in [1.807, 2.05) is 48.5 Å². The number of hydrogen-bond acceptors (Lipinski definition) is 8. The van der Waals surface area contributed by atoms with Crippen molar-refractivity contribution in [3.63, 3.8) is 0 Å². The number of hydrogen-bond donors (Lipinski definition) is 7. The number of rotatable bonds is 1. The molecular weight excluding hydrogens is 536 g/mol. The molecule has 6 aromatic rings. The molecule has 0 spiro atoms. The van der Waals surface area contributed by atoms with Crippen LogP contribution in [-0.2, 0) is 0 Å². The van der Waals surface area contributed by atoms with Crippen LogP contribution in [0.15, 0.2) is 53.0 Å². The summed E-state index contributed by atoms with van der Waals surface area (Å²) in [6.07, 6.45) is 0. The second-order valence-electron chi connectivity index (χ2n) is 8.11. The highest BCUT2D eigenvalue weighted by Crippen LogP contribution is 2.61. The molecule has 7 nitrogen and oxygen atoms in total. The van der Waals surface area contributed by atoms with Crippen LogP contribution < -0.4 is 0 Å². The molecule has 1 aromatic heterocycles. The average molecular weight is 551 g/mol. The first-order valence-electron chi connectivity index (χ1n) is 10.3. The minimum Gasteiger partial charge on any atom is -0.506 e. The second-order valence-corrected chi connectivity index (χ2v) is 9.92. The molecule has 0 saturated carbocycles. The van der Waals surface area contributed by atoms with Gasteiger partial charge in [-0.15, -0.1) is 11.3 Å². The van der Waals surface area contributed by atoms with Crippen LogP contribution in [0.25, 0.3) is 52.8 Å². The zero-order valence-corrected chi connectivity index (χ0v) is 19.9. The van der Waals surface area contributed by atoms with E-state index >= 15 is 0 Å². The Labute approximate surface area is 208 Å². The van der Waals surface area contributed by atoms with Gasteiger partial charge in [-0.05, 0) is 37.5 Å². The topological polar surface area (TPSA) is 142 Å². The van der Waals surface area contributed by atoms with Crippen molar-refractivity contribution in [2.75, 3.05) is 0 Å². The van der Waals surface area contributed by atoms with Gasteiger partial charge in [0, 0.05) is 10.0 Å². The smallest absolute Gasteiger partial charge is 0.205 e. The molecule has 0 bridgehead atoms. The summed E-state index contributed by atoms with van der Waals surface area (Å²) in [7, 11) is 0. The van der Waals surface area contributed by atoms with E-state index in [9.17, 15) is 35.7 Å². The van der Waals surface area contributed by atoms with Crippen LogP contribution in [0.1, 0.15) is 0 Å². The number of thiophene rings is 1. The molecule has 0 saturated heterocycles. The zero-order chi connectivity index (χ0) is 24.8. The van der Waals surface area contributed by atoms with E-state index in [2.05, 4.69) is 15.9 Å². The Bertz CT molecular complexity index is 1830. The number of phenolic OH excluding ortho intramolecular Hbond substituents is 7. The predicted molar refractivity (Wildman–Crippen MR) is 139 cm³/mol. The van der Waals surface area contributed by atoms with Crippen LogP contribution in [0.3, 0.4) is 0 Å². The molecule has 0 amide bonds. The van der Waals surface area contributed by atoms with Crippen molar-refractivity contribution in [1.82, 2.24) is 0 Å². The van der Waals surface area contributed by atoms with Gasteiger partial charge in [0.05, 0.1) is 25.7 Å². The SMILES string of the molecule is Oc1c(O)c(O)c2c(sc3c(O)c(O)c(-c4c5ccccc5c(Br)c5ccccc45)c(O)c32)c1O. The number of halogens is 1. The van der Waals surface area contributed by atoms with E-state index in [1.54, 1.807) is 0 Å². The van der Waals surface area contributed by atoms with Crippen molar-refractivity contribution in [2.45, 2.75) is 0 Å². The van der Waals surface area contributed by atoms with Crippen molar-refractivity contribution >= 4 is 69.0 Å². The summed E-state index contributed by atoms with van der Waals surface area (Å²) in [5.41, 5.74) is 0.360. The molecule has 0 unspecified atom stereocenters. The first-order chi connectivity index (χ1) is 16.7. The molecule has 0 radical (unpaired) electrons. The molecule has 0 fully saturated rings. The Morgan fingerprint density at radius 3 is 1.43 bits per heavy atom. The van der Waals surface area contributed by atoms with Crippen molar-refractivity contribution in [1.29, 1.82) is 0 Å². The molecule has 174 valence electrons.